The van der Waals surface area contributed by atoms with Crippen LogP contribution >= 0.6 is 15.9 Å². The highest BCUT2D eigenvalue weighted by molar-refractivity contribution is 9.10. The highest BCUT2D eigenvalue weighted by Crippen LogP contribution is 2.35. The zero-order valence-corrected chi connectivity index (χ0v) is 15.7. The minimum Gasteiger partial charge on any atom is -0.466 e. The van der Waals surface area contributed by atoms with E-state index in [0.717, 1.165) is 21.2 Å². The van der Waals surface area contributed by atoms with Gasteiger partial charge in [0.05, 0.1) is 7.11 Å². The zero-order chi connectivity index (χ0) is 18.6. The summed E-state index contributed by atoms with van der Waals surface area (Å²) in [7, 11) is 1.28. The van der Waals surface area contributed by atoms with E-state index in [1.807, 2.05) is 54.6 Å². The van der Waals surface area contributed by atoms with Crippen LogP contribution in [0.2, 0.25) is 0 Å². The summed E-state index contributed by atoms with van der Waals surface area (Å²) < 4.78 is 11.3. The summed E-state index contributed by atoms with van der Waals surface area (Å²) in [5.41, 5.74) is 0.958. The minimum atomic E-state index is -1.50. The second kappa shape index (κ2) is 7.70. The van der Waals surface area contributed by atoms with Crippen LogP contribution in [-0.4, -0.2) is 24.6 Å². The first-order valence-corrected chi connectivity index (χ1v) is 8.84. The summed E-state index contributed by atoms with van der Waals surface area (Å²) in [5, 5.41) is 0. The van der Waals surface area contributed by atoms with Crippen LogP contribution in [0, 0.1) is 0 Å². The van der Waals surface area contributed by atoms with Crippen LogP contribution in [-0.2, 0) is 19.1 Å². The fourth-order valence-electron chi connectivity index (χ4n) is 2.84. The summed E-state index contributed by atoms with van der Waals surface area (Å²) in [4.78, 5) is 24.7. The van der Waals surface area contributed by atoms with E-state index in [1.54, 1.807) is 12.2 Å². The maximum atomic E-state index is 12.5. The van der Waals surface area contributed by atoms with Gasteiger partial charge in [0.1, 0.15) is 0 Å². The molecule has 1 aliphatic heterocycles. The molecule has 0 saturated heterocycles. The molecule has 3 rings (SSSR count). The van der Waals surface area contributed by atoms with Gasteiger partial charge in [0.2, 0.25) is 5.60 Å². The highest BCUT2D eigenvalue weighted by atomic mass is 79.9. The molecule has 26 heavy (non-hydrogen) atoms. The van der Waals surface area contributed by atoms with E-state index in [0.29, 0.717) is 0 Å². The number of methoxy groups -OCH3 is 1. The number of hydrogen-bond donors (Lipinski definition) is 0. The van der Waals surface area contributed by atoms with Crippen LogP contribution in [0.25, 0.3) is 11.6 Å². The third-order valence-corrected chi connectivity index (χ3v) is 4.86. The molecule has 0 amide bonds. The average Bonchev–Trinajstić information content (AvgIpc) is 2.67. The van der Waals surface area contributed by atoms with Crippen molar-refractivity contribution < 1.29 is 19.1 Å². The summed E-state index contributed by atoms with van der Waals surface area (Å²) in [5.74, 6) is -1.19. The predicted molar refractivity (Wildman–Crippen MR) is 103 cm³/mol. The largest absolute Gasteiger partial charge is 0.466 e. The molecule has 1 atom stereocenters. The molecule has 1 heterocycles. The lowest BCUT2D eigenvalue weighted by atomic mass is 9.87. The number of halogens is 1. The van der Waals surface area contributed by atoms with Gasteiger partial charge in [-0.3, -0.25) is 0 Å². The highest BCUT2D eigenvalue weighted by Gasteiger charge is 2.44. The van der Waals surface area contributed by atoms with E-state index in [4.69, 9.17) is 9.47 Å². The van der Waals surface area contributed by atoms with Gasteiger partial charge in [-0.05, 0) is 28.8 Å². The Morgan fingerprint density at radius 2 is 1.85 bits per heavy atom. The molecule has 5 heteroatoms. The molecule has 0 aliphatic carbocycles. The van der Waals surface area contributed by atoms with E-state index in [1.165, 1.54) is 13.2 Å². The topological polar surface area (TPSA) is 52.6 Å². The molecular weight excluding hydrogens is 396 g/mol. The van der Waals surface area contributed by atoms with Crippen LogP contribution in [0.3, 0.4) is 0 Å². The second-order valence-electron chi connectivity index (χ2n) is 5.87. The molecule has 2 aromatic rings. The molecule has 0 saturated carbocycles. The summed E-state index contributed by atoms with van der Waals surface area (Å²) in [6, 6.07) is 17.0. The van der Waals surface area contributed by atoms with Gasteiger partial charge in [0.25, 0.3) is 0 Å². The number of cyclic esters (lactones) is 1. The molecule has 0 aromatic heterocycles. The molecular formula is C21H17BrO4. The first-order valence-electron chi connectivity index (χ1n) is 8.05. The number of carbonyl (C=O) groups excluding carboxylic acids is 2. The Kier molecular flexibility index (Phi) is 5.38. The van der Waals surface area contributed by atoms with Crippen molar-refractivity contribution in [3.8, 4) is 0 Å². The van der Waals surface area contributed by atoms with Gasteiger partial charge < -0.3 is 9.47 Å². The van der Waals surface area contributed by atoms with Crippen molar-refractivity contribution in [3.63, 3.8) is 0 Å². The van der Waals surface area contributed by atoms with Crippen molar-refractivity contribution in [1.82, 2.24) is 0 Å². The van der Waals surface area contributed by atoms with Gasteiger partial charge in [-0.25, -0.2) is 9.59 Å². The van der Waals surface area contributed by atoms with Crippen LogP contribution < -0.4 is 0 Å². The Bertz CT molecular complexity index is 886. The monoisotopic (exact) mass is 412 g/mol. The minimum absolute atomic E-state index is 0.205. The van der Waals surface area contributed by atoms with Crippen LogP contribution in [0.5, 0.6) is 0 Å². The van der Waals surface area contributed by atoms with Gasteiger partial charge in [0.15, 0.2) is 0 Å². The molecule has 0 radical (unpaired) electrons. The third kappa shape index (κ3) is 3.78. The molecule has 0 spiro atoms. The maximum absolute atomic E-state index is 12.5. The van der Waals surface area contributed by atoms with E-state index in [9.17, 15) is 9.59 Å². The molecule has 0 fully saturated rings. The standard InChI is InChI=1S/C21H17BrO4/c1-25-20(24)21(12-11-16-9-5-6-10-18(16)22)14-17(13-19(23)26-21)15-7-3-2-4-8-15/h2-13H,14H2,1H3/b12-11+/t21-/m1/s1. The number of hydrogen-bond acceptors (Lipinski definition) is 4. The fourth-order valence-corrected chi connectivity index (χ4v) is 3.26. The lowest BCUT2D eigenvalue weighted by molar-refractivity contribution is -0.172. The Morgan fingerprint density at radius 1 is 1.15 bits per heavy atom. The summed E-state index contributed by atoms with van der Waals surface area (Å²) in [6.07, 6.45) is 4.97. The Balaban J connectivity index is 2.01. The van der Waals surface area contributed by atoms with Crippen molar-refractivity contribution in [1.29, 1.82) is 0 Å². The smallest absolute Gasteiger partial charge is 0.354 e. The lowest BCUT2D eigenvalue weighted by Crippen LogP contribution is -2.44. The number of esters is 2. The first-order chi connectivity index (χ1) is 12.5. The summed E-state index contributed by atoms with van der Waals surface area (Å²) in [6.45, 7) is 0. The number of benzene rings is 2. The van der Waals surface area contributed by atoms with Crippen molar-refractivity contribution >= 4 is 39.5 Å². The first kappa shape index (κ1) is 18.1. The number of rotatable bonds is 4. The molecule has 0 unspecified atom stereocenters. The molecule has 132 valence electrons. The lowest BCUT2D eigenvalue weighted by Gasteiger charge is -2.31. The van der Waals surface area contributed by atoms with Gasteiger partial charge >= 0.3 is 11.9 Å². The second-order valence-corrected chi connectivity index (χ2v) is 6.72. The Labute approximate surface area is 160 Å². The molecule has 2 aromatic carbocycles. The Morgan fingerprint density at radius 3 is 2.54 bits per heavy atom. The number of carbonyl (C=O) groups is 2. The quantitative estimate of drug-likeness (QED) is 0.698. The van der Waals surface area contributed by atoms with Gasteiger partial charge in [-0.1, -0.05) is 70.5 Å². The van der Waals surface area contributed by atoms with Crippen molar-refractivity contribution in [2.45, 2.75) is 12.0 Å². The van der Waals surface area contributed by atoms with E-state index >= 15 is 0 Å². The molecule has 1 aliphatic rings. The summed E-state index contributed by atoms with van der Waals surface area (Å²) >= 11 is 3.47. The maximum Gasteiger partial charge on any atom is 0.354 e. The van der Waals surface area contributed by atoms with Crippen molar-refractivity contribution in [2.75, 3.05) is 7.11 Å². The molecule has 0 N–H and O–H groups in total. The van der Waals surface area contributed by atoms with E-state index in [2.05, 4.69) is 15.9 Å². The Hall–Kier alpha value is -2.66. The SMILES string of the molecule is COC(=O)[C@@]1(/C=C/c2ccccc2Br)CC(c2ccccc2)=CC(=O)O1. The van der Waals surface area contributed by atoms with Crippen molar-refractivity contribution in [2.24, 2.45) is 0 Å². The van der Waals surface area contributed by atoms with E-state index in [-0.39, 0.29) is 6.42 Å². The van der Waals surface area contributed by atoms with Gasteiger partial charge in [-0.15, -0.1) is 0 Å². The van der Waals surface area contributed by atoms with Gasteiger partial charge in [0, 0.05) is 17.0 Å². The fraction of sp³-hybridized carbons (Fsp3) is 0.143. The predicted octanol–water partition coefficient (Wildman–Crippen LogP) is 4.40. The van der Waals surface area contributed by atoms with Crippen LogP contribution in [0.1, 0.15) is 17.5 Å². The van der Waals surface area contributed by atoms with E-state index < -0.39 is 17.5 Å². The third-order valence-electron chi connectivity index (χ3n) is 4.14. The number of ether oxygens (including phenoxy) is 2. The molecule has 0 bridgehead atoms. The van der Waals surface area contributed by atoms with Crippen LogP contribution in [0.4, 0.5) is 0 Å². The normalized spacial score (nSPS) is 19.8. The zero-order valence-electron chi connectivity index (χ0n) is 14.1. The average molecular weight is 413 g/mol. The van der Waals surface area contributed by atoms with Gasteiger partial charge in [-0.2, -0.15) is 0 Å². The van der Waals surface area contributed by atoms with Crippen molar-refractivity contribution in [3.05, 3.63) is 82.3 Å². The van der Waals surface area contributed by atoms with Crippen LogP contribution in [0.15, 0.2) is 71.2 Å². The molecule has 4 nitrogen and oxygen atoms in total.